The number of nitrogens with zero attached hydrogens (tertiary/aromatic N) is 4. The molecule has 0 atom stereocenters. The average Bonchev–Trinajstić information content (AvgIpc) is 3.05. The van der Waals surface area contributed by atoms with Crippen LogP contribution in [-0.2, 0) is 17.8 Å². The van der Waals surface area contributed by atoms with Gasteiger partial charge in [-0.15, -0.1) is 13.2 Å². The quantitative estimate of drug-likeness (QED) is 0.638. The Bertz CT molecular complexity index is 956. The van der Waals surface area contributed by atoms with Crippen LogP contribution in [0.25, 0.3) is 11.0 Å². The zero-order chi connectivity index (χ0) is 20.1. The third-order valence-corrected chi connectivity index (χ3v) is 3.86. The number of carbonyl (C=O) groups is 1. The number of hydrogen-bond acceptors (Lipinski definition) is 6. The Labute approximate surface area is 157 Å². The van der Waals surface area contributed by atoms with Crippen LogP contribution in [0.4, 0.5) is 19.0 Å². The van der Waals surface area contributed by atoms with E-state index in [1.54, 1.807) is 13.2 Å². The minimum Gasteiger partial charge on any atom is -0.406 e. The molecule has 0 saturated carbocycles. The second kappa shape index (κ2) is 8.11. The van der Waals surface area contributed by atoms with Gasteiger partial charge in [0.2, 0.25) is 5.91 Å². The van der Waals surface area contributed by atoms with E-state index in [0.29, 0.717) is 29.8 Å². The molecule has 28 heavy (non-hydrogen) atoms. The maximum absolute atomic E-state index is 12.1. The summed E-state index contributed by atoms with van der Waals surface area (Å²) in [6.45, 7) is 0.316. The van der Waals surface area contributed by atoms with Crippen LogP contribution >= 0.6 is 0 Å². The summed E-state index contributed by atoms with van der Waals surface area (Å²) < 4.78 is 41.7. The molecule has 0 radical (unpaired) electrons. The van der Waals surface area contributed by atoms with Crippen LogP contribution in [0.15, 0.2) is 36.8 Å². The zero-order valence-electron chi connectivity index (χ0n) is 14.8. The topological polar surface area (TPSA) is 94.0 Å². The normalized spacial score (nSPS) is 11.4. The molecule has 2 N–H and O–H groups in total. The summed E-state index contributed by atoms with van der Waals surface area (Å²) in [5.41, 5.74) is 1.31. The zero-order valence-corrected chi connectivity index (χ0v) is 14.8. The Morgan fingerprint density at radius 3 is 2.64 bits per heavy atom. The van der Waals surface area contributed by atoms with Crippen LogP contribution in [0.2, 0.25) is 0 Å². The SMILES string of the molecule is CNc1ncnc2c1cnn2CC(=O)NCCc1ccc(OC(F)(F)F)cc1. The molecule has 1 amide bonds. The van der Waals surface area contributed by atoms with Gasteiger partial charge in [0.05, 0.1) is 11.6 Å². The molecule has 8 nitrogen and oxygen atoms in total. The smallest absolute Gasteiger partial charge is 0.406 e. The van der Waals surface area contributed by atoms with E-state index in [2.05, 4.69) is 30.4 Å². The second-order valence-electron chi connectivity index (χ2n) is 5.80. The molecule has 0 aliphatic heterocycles. The number of carbonyl (C=O) groups excluding carboxylic acids is 1. The van der Waals surface area contributed by atoms with Crippen LogP contribution < -0.4 is 15.4 Å². The van der Waals surface area contributed by atoms with E-state index < -0.39 is 6.36 Å². The Balaban J connectivity index is 1.51. The largest absolute Gasteiger partial charge is 0.573 e. The number of benzene rings is 1. The predicted molar refractivity (Wildman–Crippen MR) is 94.7 cm³/mol. The van der Waals surface area contributed by atoms with E-state index in [0.717, 1.165) is 5.56 Å². The molecule has 3 rings (SSSR count). The molecule has 2 aromatic heterocycles. The first-order valence-corrected chi connectivity index (χ1v) is 8.31. The molecule has 148 valence electrons. The molecule has 0 bridgehead atoms. The van der Waals surface area contributed by atoms with Gasteiger partial charge in [-0.05, 0) is 24.1 Å². The fourth-order valence-corrected chi connectivity index (χ4v) is 2.60. The lowest BCUT2D eigenvalue weighted by Crippen LogP contribution is -2.29. The summed E-state index contributed by atoms with van der Waals surface area (Å²) in [5, 5.41) is 10.5. The summed E-state index contributed by atoms with van der Waals surface area (Å²) >= 11 is 0. The van der Waals surface area contributed by atoms with Crippen molar-refractivity contribution in [1.82, 2.24) is 25.1 Å². The van der Waals surface area contributed by atoms with E-state index in [-0.39, 0.29) is 18.2 Å². The molecule has 11 heteroatoms. The first-order chi connectivity index (χ1) is 13.4. The number of anilines is 1. The molecule has 0 unspecified atom stereocenters. The Morgan fingerprint density at radius 2 is 1.96 bits per heavy atom. The maximum atomic E-state index is 12.1. The summed E-state index contributed by atoms with van der Waals surface area (Å²) in [7, 11) is 1.73. The fraction of sp³-hybridized carbons (Fsp3) is 0.294. The Kier molecular flexibility index (Phi) is 5.62. The van der Waals surface area contributed by atoms with Crippen molar-refractivity contribution in [2.45, 2.75) is 19.3 Å². The number of halogens is 3. The Morgan fingerprint density at radius 1 is 1.21 bits per heavy atom. The first kappa shape index (κ1) is 19.4. The standard InChI is InChI=1S/C17H17F3N6O2/c1-21-15-13-8-25-26(16(13)24-10-23-15)9-14(27)22-7-6-11-2-4-12(5-3-11)28-17(18,19)20/h2-5,8,10H,6-7,9H2,1H3,(H,22,27)(H,21,23,24). The van der Waals surface area contributed by atoms with Gasteiger partial charge in [0.25, 0.3) is 0 Å². The predicted octanol–water partition coefficient (Wildman–Crippen LogP) is 2.13. The second-order valence-corrected chi connectivity index (χ2v) is 5.80. The maximum Gasteiger partial charge on any atom is 0.573 e. The molecular formula is C17H17F3N6O2. The van der Waals surface area contributed by atoms with E-state index in [1.807, 2.05) is 0 Å². The minimum atomic E-state index is -4.72. The summed E-state index contributed by atoms with van der Waals surface area (Å²) in [6.07, 6.45) is -1.29. The first-order valence-electron chi connectivity index (χ1n) is 8.31. The van der Waals surface area contributed by atoms with Gasteiger partial charge in [0.15, 0.2) is 5.65 Å². The minimum absolute atomic E-state index is 0.0119. The fourth-order valence-electron chi connectivity index (χ4n) is 2.60. The molecule has 3 aromatic rings. The summed E-state index contributed by atoms with van der Waals surface area (Å²) in [6, 6.07) is 5.51. The van der Waals surface area contributed by atoms with E-state index in [9.17, 15) is 18.0 Å². The molecule has 0 aliphatic rings. The lowest BCUT2D eigenvalue weighted by molar-refractivity contribution is -0.274. The van der Waals surface area contributed by atoms with Crippen LogP contribution in [-0.4, -0.2) is 45.6 Å². The third-order valence-electron chi connectivity index (χ3n) is 3.86. The van der Waals surface area contributed by atoms with Gasteiger partial charge in [-0.1, -0.05) is 12.1 Å². The van der Waals surface area contributed by atoms with Gasteiger partial charge in [0.1, 0.15) is 24.4 Å². The highest BCUT2D eigenvalue weighted by molar-refractivity contribution is 5.87. The highest BCUT2D eigenvalue weighted by atomic mass is 19.4. The number of fused-ring (bicyclic) bond motifs is 1. The number of rotatable bonds is 7. The number of amides is 1. The van der Waals surface area contributed by atoms with E-state index in [1.165, 1.54) is 35.3 Å². The van der Waals surface area contributed by atoms with Gasteiger partial charge in [-0.2, -0.15) is 5.10 Å². The number of aromatic nitrogens is 4. The van der Waals surface area contributed by atoms with Crippen molar-refractivity contribution in [2.75, 3.05) is 18.9 Å². The van der Waals surface area contributed by atoms with Gasteiger partial charge >= 0.3 is 6.36 Å². The van der Waals surface area contributed by atoms with Crippen molar-refractivity contribution in [3.63, 3.8) is 0 Å². The van der Waals surface area contributed by atoms with Crippen molar-refractivity contribution < 1.29 is 22.7 Å². The third kappa shape index (κ3) is 4.87. The molecule has 0 spiro atoms. The van der Waals surface area contributed by atoms with Gasteiger partial charge in [-0.3, -0.25) is 4.79 Å². The molecular weight excluding hydrogens is 377 g/mol. The summed E-state index contributed by atoms with van der Waals surface area (Å²) in [4.78, 5) is 20.4. The van der Waals surface area contributed by atoms with Crippen LogP contribution in [0.5, 0.6) is 5.75 Å². The van der Waals surface area contributed by atoms with Crippen molar-refractivity contribution >= 4 is 22.8 Å². The summed E-state index contributed by atoms with van der Waals surface area (Å²) in [5.74, 6) is 0.0787. The number of ether oxygens (including phenoxy) is 1. The van der Waals surface area contributed by atoms with Crippen molar-refractivity contribution in [2.24, 2.45) is 0 Å². The van der Waals surface area contributed by atoms with Crippen LogP contribution in [0.3, 0.4) is 0 Å². The highest BCUT2D eigenvalue weighted by Gasteiger charge is 2.30. The molecule has 0 aliphatic carbocycles. The van der Waals surface area contributed by atoms with Crippen LogP contribution in [0, 0.1) is 0 Å². The molecule has 0 saturated heterocycles. The van der Waals surface area contributed by atoms with Crippen molar-refractivity contribution in [3.05, 3.63) is 42.4 Å². The number of nitrogens with one attached hydrogen (secondary N) is 2. The molecule has 2 heterocycles. The van der Waals surface area contributed by atoms with E-state index >= 15 is 0 Å². The van der Waals surface area contributed by atoms with Crippen molar-refractivity contribution in [3.8, 4) is 5.75 Å². The lowest BCUT2D eigenvalue weighted by atomic mass is 10.1. The number of hydrogen-bond donors (Lipinski definition) is 2. The lowest BCUT2D eigenvalue weighted by Gasteiger charge is -2.10. The molecule has 0 fully saturated rings. The highest BCUT2D eigenvalue weighted by Crippen LogP contribution is 2.22. The average molecular weight is 394 g/mol. The number of alkyl halides is 3. The Hall–Kier alpha value is -3.37. The van der Waals surface area contributed by atoms with Crippen LogP contribution in [0.1, 0.15) is 5.56 Å². The molecule has 1 aromatic carbocycles. The van der Waals surface area contributed by atoms with E-state index in [4.69, 9.17) is 0 Å². The monoisotopic (exact) mass is 394 g/mol. The van der Waals surface area contributed by atoms with Crippen molar-refractivity contribution in [1.29, 1.82) is 0 Å². The van der Waals surface area contributed by atoms with Gasteiger partial charge < -0.3 is 15.4 Å². The van der Waals surface area contributed by atoms with Gasteiger partial charge in [0, 0.05) is 13.6 Å². The van der Waals surface area contributed by atoms with Gasteiger partial charge in [-0.25, -0.2) is 14.6 Å².